The van der Waals surface area contributed by atoms with Gasteiger partial charge in [-0.05, 0) is 36.4 Å². The van der Waals surface area contributed by atoms with Crippen LogP contribution >= 0.6 is 11.6 Å². The van der Waals surface area contributed by atoms with Crippen LogP contribution in [0.4, 0.5) is 5.69 Å². The molecule has 5 rings (SSSR count). The highest BCUT2D eigenvalue weighted by molar-refractivity contribution is 6.33. The number of rotatable bonds is 4. The number of hydrogen-bond acceptors (Lipinski definition) is 6. The van der Waals surface area contributed by atoms with Gasteiger partial charge in [-0.1, -0.05) is 23.7 Å². The van der Waals surface area contributed by atoms with E-state index in [2.05, 4.69) is 35.7 Å². The Hall–Kier alpha value is -4.11. The van der Waals surface area contributed by atoms with Crippen LogP contribution in [0.5, 0.6) is 0 Å². The van der Waals surface area contributed by atoms with Crippen molar-refractivity contribution in [2.45, 2.75) is 0 Å². The molecule has 10 heteroatoms. The molecule has 0 unspecified atom stereocenters. The van der Waals surface area contributed by atoms with Gasteiger partial charge in [0.05, 0.1) is 18.1 Å². The monoisotopic (exact) mass is 416 g/mol. The largest absolute Gasteiger partial charge is 0.322 e. The Bertz CT molecular complexity index is 1350. The Morgan fingerprint density at radius 3 is 2.63 bits per heavy atom. The van der Waals surface area contributed by atoms with Crippen molar-refractivity contribution in [3.05, 3.63) is 77.8 Å². The highest BCUT2D eigenvalue weighted by Crippen LogP contribution is 2.24. The average molecular weight is 417 g/mol. The van der Waals surface area contributed by atoms with Crippen LogP contribution in [0.3, 0.4) is 0 Å². The zero-order valence-electron chi connectivity index (χ0n) is 15.3. The van der Waals surface area contributed by atoms with Crippen molar-refractivity contribution in [2.24, 2.45) is 0 Å². The Kier molecular flexibility index (Phi) is 4.41. The second kappa shape index (κ2) is 7.37. The van der Waals surface area contributed by atoms with Crippen LogP contribution in [0.2, 0.25) is 5.15 Å². The Morgan fingerprint density at radius 2 is 1.83 bits per heavy atom. The molecule has 0 bridgehead atoms. The number of carbonyl (C=O) groups excluding carboxylic acids is 1. The number of H-pyrrole nitrogens is 1. The maximum Gasteiger partial charge on any atom is 0.255 e. The van der Waals surface area contributed by atoms with Crippen LogP contribution < -0.4 is 5.32 Å². The maximum absolute atomic E-state index is 12.7. The average Bonchev–Trinajstić information content (AvgIpc) is 3.47. The molecule has 0 aliphatic heterocycles. The third-order valence-corrected chi connectivity index (χ3v) is 4.67. The first-order valence-corrected chi connectivity index (χ1v) is 9.31. The minimum Gasteiger partial charge on any atom is -0.322 e. The number of amides is 1. The molecule has 9 nitrogen and oxygen atoms in total. The summed E-state index contributed by atoms with van der Waals surface area (Å²) in [6.45, 7) is 0. The van der Waals surface area contributed by atoms with Crippen molar-refractivity contribution >= 4 is 34.2 Å². The van der Waals surface area contributed by atoms with E-state index in [1.54, 1.807) is 48.9 Å². The number of halogens is 1. The van der Waals surface area contributed by atoms with Crippen molar-refractivity contribution in [3.63, 3.8) is 0 Å². The normalized spacial score (nSPS) is 11.0. The van der Waals surface area contributed by atoms with Crippen LogP contribution in [0.1, 0.15) is 10.4 Å². The van der Waals surface area contributed by atoms with E-state index >= 15 is 0 Å². The second-order valence-corrected chi connectivity index (χ2v) is 6.72. The zero-order chi connectivity index (χ0) is 20.5. The number of carbonyl (C=O) groups is 1. The van der Waals surface area contributed by atoms with E-state index in [-0.39, 0.29) is 11.1 Å². The summed E-state index contributed by atoms with van der Waals surface area (Å²) in [5, 5.41) is 18.0. The summed E-state index contributed by atoms with van der Waals surface area (Å²) in [4.78, 5) is 23.0. The zero-order valence-corrected chi connectivity index (χ0v) is 16.1. The van der Waals surface area contributed by atoms with Gasteiger partial charge in [0.2, 0.25) is 0 Å². The first-order valence-electron chi connectivity index (χ1n) is 8.93. The fourth-order valence-electron chi connectivity index (χ4n) is 2.96. The van der Waals surface area contributed by atoms with Gasteiger partial charge < -0.3 is 5.32 Å². The van der Waals surface area contributed by atoms with E-state index < -0.39 is 0 Å². The molecule has 0 aliphatic carbocycles. The minimum atomic E-state index is -0.252. The van der Waals surface area contributed by atoms with Crippen molar-refractivity contribution in [1.82, 2.24) is 35.2 Å². The molecule has 0 aliphatic rings. The molecule has 0 radical (unpaired) electrons. The molecule has 30 heavy (non-hydrogen) atoms. The van der Waals surface area contributed by atoms with Crippen molar-refractivity contribution in [3.8, 4) is 17.1 Å². The predicted molar refractivity (Wildman–Crippen MR) is 111 cm³/mol. The molecular formula is C20H13ClN8O. The lowest BCUT2D eigenvalue weighted by Gasteiger charge is -2.08. The summed E-state index contributed by atoms with van der Waals surface area (Å²) in [7, 11) is 0. The summed E-state index contributed by atoms with van der Waals surface area (Å²) >= 11 is 6.19. The van der Waals surface area contributed by atoms with Crippen LogP contribution in [0.15, 0.2) is 67.1 Å². The van der Waals surface area contributed by atoms with Gasteiger partial charge in [-0.15, -0.1) is 0 Å². The number of aromatic nitrogens is 7. The molecule has 2 N–H and O–H groups in total. The number of fused-ring (bicyclic) bond motifs is 1. The van der Waals surface area contributed by atoms with Gasteiger partial charge in [-0.2, -0.15) is 20.1 Å². The lowest BCUT2D eigenvalue weighted by molar-refractivity contribution is 0.102. The number of nitrogens with one attached hydrogen (secondary N) is 2. The Balaban J connectivity index is 1.38. The topological polar surface area (TPSA) is 114 Å². The summed E-state index contributed by atoms with van der Waals surface area (Å²) in [5.74, 6) is 0.164. The molecule has 1 amide bonds. The van der Waals surface area contributed by atoms with Gasteiger partial charge in [-0.3, -0.25) is 9.89 Å². The van der Waals surface area contributed by atoms with Crippen molar-refractivity contribution < 1.29 is 4.79 Å². The van der Waals surface area contributed by atoms with E-state index in [0.717, 1.165) is 5.69 Å². The fourth-order valence-corrected chi connectivity index (χ4v) is 3.18. The van der Waals surface area contributed by atoms with Crippen LogP contribution in [0.25, 0.3) is 28.1 Å². The molecule has 0 saturated heterocycles. The molecule has 0 atom stereocenters. The summed E-state index contributed by atoms with van der Waals surface area (Å²) in [6, 6.07) is 14.2. The lowest BCUT2D eigenvalue weighted by Crippen LogP contribution is -2.12. The molecule has 0 fully saturated rings. The molecule has 146 valence electrons. The third-order valence-electron chi connectivity index (χ3n) is 4.40. The van der Waals surface area contributed by atoms with E-state index in [1.165, 1.54) is 4.80 Å². The second-order valence-electron chi connectivity index (χ2n) is 6.36. The molecular weight excluding hydrogens is 404 g/mol. The van der Waals surface area contributed by atoms with Crippen molar-refractivity contribution in [1.29, 1.82) is 0 Å². The van der Waals surface area contributed by atoms with Crippen LogP contribution in [-0.4, -0.2) is 41.1 Å². The molecule has 2 aromatic carbocycles. The number of hydrogen-bond donors (Lipinski definition) is 2. The highest BCUT2D eigenvalue weighted by Gasteiger charge is 2.13. The number of anilines is 1. The van der Waals surface area contributed by atoms with Gasteiger partial charge in [0, 0.05) is 23.0 Å². The number of benzene rings is 2. The molecule has 0 saturated carbocycles. The van der Waals surface area contributed by atoms with E-state index in [1.807, 2.05) is 18.2 Å². The van der Waals surface area contributed by atoms with Gasteiger partial charge in [0.1, 0.15) is 11.0 Å². The first-order chi connectivity index (χ1) is 14.7. The minimum absolute atomic E-state index is 0.248. The number of nitrogens with zero attached hydrogens (tertiary/aromatic N) is 6. The predicted octanol–water partition coefficient (Wildman–Crippen LogP) is 3.51. The SMILES string of the molecule is O=C(Nc1ccc(-n2nccn2)cc1)c1cccc(-c2nc(Cl)c3n[nH]cc3n2)c1. The van der Waals surface area contributed by atoms with Crippen LogP contribution in [0, 0.1) is 0 Å². The Labute approximate surface area is 174 Å². The van der Waals surface area contributed by atoms with E-state index in [4.69, 9.17) is 11.6 Å². The fraction of sp³-hybridized carbons (Fsp3) is 0. The first kappa shape index (κ1) is 18.0. The summed E-state index contributed by atoms with van der Waals surface area (Å²) < 4.78 is 0. The third kappa shape index (κ3) is 3.38. The molecule has 3 aromatic heterocycles. The molecule has 5 aromatic rings. The van der Waals surface area contributed by atoms with Gasteiger partial charge in [0.15, 0.2) is 11.0 Å². The quantitative estimate of drug-likeness (QED) is 0.433. The number of aromatic amines is 1. The smallest absolute Gasteiger partial charge is 0.255 e. The van der Waals surface area contributed by atoms with Crippen molar-refractivity contribution in [2.75, 3.05) is 5.32 Å². The van der Waals surface area contributed by atoms with E-state index in [9.17, 15) is 4.79 Å². The van der Waals surface area contributed by atoms with Gasteiger partial charge >= 0.3 is 0 Å². The summed E-state index contributed by atoms with van der Waals surface area (Å²) in [5.41, 5.74) is 3.70. The summed E-state index contributed by atoms with van der Waals surface area (Å²) in [6.07, 6.45) is 4.85. The van der Waals surface area contributed by atoms with Gasteiger partial charge in [0.25, 0.3) is 5.91 Å². The maximum atomic E-state index is 12.7. The standard InChI is InChI=1S/C20H13ClN8O/c21-18-17-16(11-22-28-17)26-19(27-18)12-2-1-3-13(10-12)20(30)25-14-4-6-15(7-5-14)29-23-8-9-24-29/h1-11H,(H,22,28)(H,25,30). The van der Waals surface area contributed by atoms with E-state index in [0.29, 0.717) is 33.7 Å². The highest BCUT2D eigenvalue weighted by atomic mass is 35.5. The Morgan fingerprint density at radius 1 is 1.03 bits per heavy atom. The van der Waals surface area contributed by atoms with Crippen LogP contribution in [-0.2, 0) is 0 Å². The van der Waals surface area contributed by atoms with Gasteiger partial charge in [-0.25, -0.2) is 9.97 Å². The molecule has 3 heterocycles. The molecule has 0 spiro atoms. The lowest BCUT2D eigenvalue weighted by atomic mass is 10.1.